The second kappa shape index (κ2) is 7.05. The normalized spacial score (nSPS) is 24.6. The Morgan fingerprint density at radius 2 is 1.96 bits per heavy atom. The van der Waals surface area contributed by atoms with E-state index in [1.165, 1.54) is 18.4 Å². The minimum atomic E-state index is -1.46. The van der Waals surface area contributed by atoms with Gasteiger partial charge >= 0.3 is 5.97 Å². The Morgan fingerprint density at radius 3 is 2.62 bits per heavy atom. The third kappa shape index (κ3) is 4.46. The number of hydrogen-bond donors (Lipinski definition) is 0. The molecule has 0 spiro atoms. The first-order valence-corrected chi connectivity index (χ1v) is 9.50. The number of para-hydroxylation sites is 1. The molecule has 2 unspecified atom stereocenters. The first-order chi connectivity index (χ1) is 12.2. The van der Waals surface area contributed by atoms with Crippen molar-refractivity contribution in [2.45, 2.75) is 71.8 Å². The van der Waals surface area contributed by atoms with Gasteiger partial charge in [0.15, 0.2) is 0 Å². The number of allylic oxidation sites excluding steroid dienone is 2. The Labute approximate surface area is 155 Å². The van der Waals surface area contributed by atoms with E-state index in [0.29, 0.717) is 5.92 Å². The van der Waals surface area contributed by atoms with Crippen molar-refractivity contribution in [3.8, 4) is 5.75 Å². The lowest BCUT2D eigenvalue weighted by Gasteiger charge is -2.36. The molecule has 26 heavy (non-hydrogen) atoms. The number of alkyl halides is 1. The van der Waals surface area contributed by atoms with Gasteiger partial charge in [0.25, 0.3) is 0 Å². The largest absolute Gasteiger partial charge is 0.459 e. The summed E-state index contributed by atoms with van der Waals surface area (Å²) in [7, 11) is 0. The van der Waals surface area contributed by atoms with Crippen LogP contribution in [-0.2, 0) is 4.74 Å². The number of carbonyl (C=O) groups is 1. The molecule has 1 fully saturated rings. The van der Waals surface area contributed by atoms with E-state index in [1.807, 2.05) is 6.92 Å². The van der Waals surface area contributed by atoms with Gasteiger partial charge in [-0.1, -0.05) is 30.7 Å². The number of rotatable bonds is 5. The summed E-state index contributed by atoms with van der Waals surface area (Å²) in [4.78, 5) is 12.4. The quantitative estimate of drug-likeness (QED) is 0.488. The van der Waals surface area contributed by atoms with E-state index in [-0.39, 0.29) is 11.3 Å². The lowest BCUT2D eigenvalue weighted by Crippen LogP contribution is -2.36. The second-order valence-corrected chi connectivity index (χ2v) is 8.85. The minimum absolute atomic E-state index is 0.248. The first-order valence-electron chi connectivity index (χ1n) is 9.50. The summed E-state index contributed by atoms with van der Waals surface area (Å²) in [6, 6.07) is 6.73. The van der Waals surface area contributed by atoms with Gasteiger partial charge in [0.1, 0.15) is 16.9 Å². The van der Waals surface area contributed by atoms with Gasteiger partial charge in [0, 0.05) is 5.41 Å². The number of benzene rings is 1. The molecule has 0 amide bonds. The lowest BCUT2D eigenvalue weighted by atomic mass is 9.74. The van der Waals surface area contributed by atoms with Crippen LogP contribution in [0.3, 0.4) is 0 Å². The Balaban J connectivity index is 1.74. The molecule has 4 heteroatoms. The Morgan fingerprint density at radius 1 is 1.27 bits per heavy atom. The molecule has 1 aromatic carbocycles. The third-order valence-corrected chi connectivity index (χ3v) is 5.12. The standard InChI is InChI=1S/C22H29FO3/c1-21(2,3)26-19(24)17-9-5-6-10-18(17)25-20(23)22(4)13-7-8-16(14-22)15-11-12-15/h5-6,8-10,15,20H,7,11-14H2,1-4H3. The van der Waals surface area contributed by atoms with E-state index >= 15 is 4.39 Å². The molecule has 2 aliphatic rings. The number of ether oxygens (including phenoxy) is 2. The van der Waals surface area contributed by atoms with Gasteiger partial charge in [-0.05, 0) is 70.9 Å². The lowest BCUT2D eigenvalue weighted by molar-refractivity contribution is -0.0521. The molecule has 0 aliphatic heterocycles. The van der Waals surface area contributed by atoms with Crippen molar-refractivity contribution in [2.24, 2.45) is 11.3 Å². The van der Waals surface area contributed by atoms with Crippen LogP contribution in [0.4, 0.5) is 4.39 Å². The van der Waals surface area contributed by atoms with E-state index < -0.39 is 23.3 Å². The molecule has 0 bridgehead atoms. The molecule has 142 valence electrons. The van der Waals surface area contributed by atoms with Crippen LogP contribution in [-0.4, -0.2) is 17.9 Å². The highest BCUT2D eigenvalue weighted by atomic mass is 19.1. The third-order valence-electron chi connectivity index (χ3n) is 5.12. The average molecular weight is 360 g/mol. The van der Waals surface area contributed by atoms with E-state index in [4.69, 9.17) is 9.47 Å². The van der Waals surface area contributed by atoms with Crippen LogP contribution in [0.15, 0.2) is 35.9 Å². The van der Waals surface area contributed by atoms with Gasteiger partial charge in [0.05, 0.1) is 0 Å². The summed E-state index contributed by atoms with van der Waals surface area (Å²) < 4.78 is 26.3. The van der Waals surface area contributed by atoms with Crippen LogP contribution >= 0.6 is 0 Å². The van der Waals surface area contributed by atoms with Crippen LogP contribution in [0.2, 0.25) is 0 Å². The summed E-state index contributed by atoms with van der Waals surface area (Å²) in [5.41, 5.74) is 0.472. The minimum Gasteiger partial charge on any atom is -0.459 e. The predicted octanol–water partition coefficient (Wildman–Crippen LogP) is 5.84. The van der Waals surface area contributed by atoms with Crippen molar-refractivity contribution < 1.29 is 18.7 Å². The number of esters is 1. The zero-order valence-electron chi connectivity index (χ0n) is 16.2. The highest BCUT2D eigenvalue weighted by molar-refractivity contribution is 5.92. The van der Waals surface area contributed by atoms with Gasteiger partial charge in [-0.3, -0.25) is 0 Å². The van der Waals surface area contributed by atoms with E-state index in [2.05, 4.69) is 6.08 Å². The monoisotopic (exact) mass is 360 g/mol. The fraction of sp³-hybridized carbons (Fsp3) is 0.591. The zero-order chi connectivity index (χ0) is 18.9. The molecule has 0 aromatic heterocycles. The van der Waals surface area contributed by atoms with Crippen molar-refractivity contribution in [3.63, 3.8) is 0 Å². The van der Waals surface area contributed by atoms with Crippen LogP contribution < -0.4 is 4.74 Å². The summed E-state index contributed by atoms with van der Waals surface area (Å²) in [5, 5.41) is 0. The van der Waals surface area contributed by atoms with Gasteiger partial charge in [-0.2, -0.15) is 0 Å². The van der Waals surface area contributed by atoms with E-state index in [9.17, 15) is 4.79 Å². The smallest absolute Gasteiger partial charge is 0.342 e. The van der Waals surface area contributed by atoms with Gasteiger partial charge < -0.3 is 9.47 Å². The topological polar surface area (TPSA) is 35.5 Å². The molecule has 0 N–H and O–H groups in total. The van der Waals surface area contributed by atoms with E-state index in [1.54, 1.807) is 45.0 Å². The van der Waals surface area contributed by atoms with Crippen LogP contribution in [0.1, 0.15) is 70.2 Å². The molecule has 2 atom stereocenters. The van der Waals surface area contributed by atoms with Crippen molar-refractivity contribution in [3.05, 3.63) is 41.5 Å². The molecule has 3 rings (SSSR count). The molecular weight excluding hydrogens is 331 g/mol. The average Bonchev–Trinajstić information content (AvgIpc) is 3.38. The fourth-order valence-corrected chi connectivity index (χ4v) is 3.50. The Hall–Kier alpha value is -1.84. The molecule has 1 saturated carbocycles. The van der Waals surface area contributed by atoms with Crippen molar-refractivity contribution in [1.29, 1.82) is 0 Å². The SMILES string of the molecule is CC(C)(C)OC(=O)c1ccccc1OC(F)C1(C)CCC=C(C2CC2)C1. The fourth-order valence-electron chi connectivity index (χ4n) is 3.50. The maximum absolute atomic E-state index is 15.2. The molecule has 3 nitrogen and oxygen atoms in total. The zero-order valence-corrected chi connectivity index (χ0v) is 16.2. The maximum Gasteiger partial charge on any atom is 0.342 e. The summed E-state index contributed by atoms with van der Waals surface area (Å²) in [6.07, 6.45) is 5.63. The summed E-state index contributed by atoms with van der Waals surface area (Å²) in [6.45, 7) is 7.37. The summed E-state index contributed by atoms with van der Waals surface area (Å²) >= 11 is 0. The van der Waals surface area contributed by atoms with Crippen molar-refractivity contribution in [1.82, 2.24) is 0 Å². The summed E-state index contributed by atoms with van der Waals surface area (Å²) in [5.74, 6) is 0.404. The van der Waals surface area contributed by atoms with Crippen LogP contribution in [0.25, 0.3) is 0 Å². The number of halogens is 1. The predicted molar refractivity (Wildman–Crippen MR) is 99.9 cm³/mol. The Kier molecular flexibility index (Phi) is 5.14. The van der Waals surface area contributed by atoms with Crippen LogP contribution in [0.5, 0.6) is 5.75 Å². The van der Waals surface area contributed by atoms with Crippen molar-refractivity contribution in [2.75, 3.05) is 0 Å². The van der Waals surface area contributed by atoms with Gasteiger partial charge in [-0.25, -0.2) is 9.18 Å². The van der Waals surface area contributed by atoms with E-state index in [0.717, 1.165) is 19.3 Å². The molecule has 2 aliphatic carbocycles. The number of carbonyl (C=O) groups excluding carboxylic acids is 1. The van der Waals surface area contributed by atoms with Crippen molar-refractivity contribution >= 4 is 5.97 Å². The van der Waals surface area contributed by atoms with Gasteiger partial charge in [-0.15, -0.1) is 0 Å². The maximum atomic E-state index is 15.2. The van der Waals surface area contributed by atoms with Crippen LogP contribution in [0, 0.1) is 11.3 Å². The highest BCUT2D eigenvalue weighted by Crippen LogP contribution is 2.48. The first kappa shape index (κ1) is 18.9. The molecule has 0 radical (unpaired) electrons. The molecular formula is C22H29FO3. The second-order valence-electron chi connectivity index (χ2n) is 8.85. The molecule has 0 heterocycles. The van der Waals surface area contributed by atoms with Gasteiger partial charge in [0.2, 0.25) is 6.36 Å². The highest BCUT2D eigenvalue weighted by Gasteiger charge is 2.42. The molecule has 0 saturated heterocycles. The Bertz CT molecular complexity index is 700. The number of hydrogen-bond acceptors (Lipinski definition) is 3. The molecule has 1 aromatic rings.